The van der Waals surface area contributed by atoms with Gasteiger partial charge in [0.15, 0.2) is 0 Å². The van der Waals surface area contributed by atoms with Crippen LogP contribution < -0.4 is 16.9 Å². The third kappa shape index (κ3) is 1.39. The molecule has 0 fully saturated rings. The molecule has 2 radical (unpaired) electrons. The van der Waals surface area contributed by atoms with Gasteiger partial charge < -0.3 is 11.5 Å². The second kappa shape index (κ2) is 2.85. The van der Waals surface area contributed by atoms with Crippen LogP contribution in [0.4, 0.5) is 10.1 Å². The first kappa shape index (κ1) is 8.58. The third-order valence-corrected chi connectivity index (χ3v) is 1.44. The fraction of sp³-hybridized carbons (Fsp3) is 0. The summed E-state index contributed by atoms with van der Waals surface area (Å²) in [6, 6.07) is 2.09. The Morgan fingerprint density at radius 3 is 2.58 bits per heavy atom. The Bertz CT molecular complexity index is 340. The Hall–Kier alpha value is -1.52. The zero-order valence-electron chi connectivity index (χ0n) is 6.17. The van der Waals surface area contributed by atoms with E-state index in [1.165, 1.54) is 0 Å². The minimum absolute atomic E-state index is 0.0949. The van der Waals surface area contributed by atoms with Crippen molar-refractivity contribution in [2.45, 2.75) is 0 Å². The summed E-state index contributed by atoms with van der Waals surface area (Å²) in [5.74, 6) is -1.62. The fourth-order valence-corrected chi connectivity index (χ4v) is 0.794. The van der Waals surface area contributed by atoms with Crippen molar-refractivity contribution in [2.24, 2.45) is 5.73 Å². The molecule has 0 saturated heterocycles. The van der Waals surface area contributed by atoms with Gasteiger partial charge in [-0.15, -0.1) is 0 Å². The van der Waals surface area contributed by atoms with Crippen LogP contribution in [0.2, 0.25) is 0 Å². The summed E-state index contributed by atoms with van der Waals surface area (Å²) in [5, 5.41) is 0. The highest BCUT2D eigenvalue weighted by Gasteiger charge is 2.09. The van der Waals surface area contributed by atoms with Crippen LogP contribution in [0.5, 0.6) is 0 Å². The van der Waals surface area contributed by atoms with Crippen LogP contribution in [-0.2, 0) is 0 Å². The van der Waals surface area contributed by atoms with E-state index in [0.29, 0.717) is 0 Å². The number of nitrogen functional groups attached to an aromatic ring is 1. The molecule has 0 unspecified atom stereocenters. The summed E-state index contributed by atoms with van der Waals surface area (Å²) in [6.45, 7) is 0. The largest absolute Gasteiger partial charge is 0.399 e. The van der Waals surface area contributed by atoms with E-state index in [-0.39, 0.29) is 16.7 Å². The predicted octanol–water partition coefficient (Wildman–Crippen LogP) is -0.699. The van der Waals surface area contributed by atoms with Crippen molar-refractivity contribution in [2.75, 3.05) is 5.73 Å². The van der Waals surface area contributed by atoms with Gasteiger partial charge >= 0.3 is 0 Å². The number of carbonyl (C=O) groups is 1. The standard InChI is InChI=1S/C7H6BFN2O/c8-4-2-5(9)3(7(11)12)1-6(4)10/h1-2H,10H2,(H2,11,12). The van der Waals surface area contributed by atoms with Crippen molar-refractivity contribution >= 4 is 24.9 Å². The Morgan fingerprint density at radius 2 is 2.08 bits per heavy atom. The molecule has 0 bridgehead atoms. The molecule has 0 spiro atoms. The van der Waals surface area contributed by atoms with Gasteiger partial charge in [0, 0.05) is 5.69 Å². The van der Waals surface area contributed by atoms with Crippen molar-refractivity contribution in [1.82, 2.24) is 0 Å². The molecule has 0 heterocycles. The van der Waals surface area contributed by atoms with E-state index in [0.717, 1.165) is 12.1 Å². The maximum absolute atomic E-state index is 12.8. The van der Waals surface area contributed by atoms with Crippen LogP contribution in [-0.4, -0.2) is 13.8 Å². The number of amides is 1. The Kier molecular flexibility index (Phi) is 2.04. The molecule has 3 nitrogen and oxygen atoms in total. The second-order valence-corrected chi connectivity index (χ2v) is 2.33. The SMILES string of the molecule is [B]c1cc(F)c(C(N)=O)cc1N. The molecule has 0 atom stereocenters. The van der Waals surface area contributed by atoms with Crippen LogP contribution >= 0.6 is 0 Å². The lowest BCUT2D eigenvalue weighted by atomic mass is 9.92. The molecular formula is C7H6BFN2O. The molecular weight excluding hydrogens is 158 g/mol. The molecule has 1 aromatic carbocycles. The van der Waals surface area contributed by atoms with E-state index >= 15 is 0 Å². The number of anilines is 1. The van der Waals surface area contributed by atoms with E-state index in [1.54, 1.807) is 0 Å². The van der Waals surface area contributed by atoms with Gasteiger partial charge in [-0.1, -0.05) is 5.46 Å². The minimum atomic E-state index is -0.862. The van der Waals surface area contributed by atoms with Gasteiger partial charge in [-0.3, -0.25) is 4.79 Å². The fourth-order valence-electron chi connectivity index (χ4n) is 0.794. The average molecular weight is 164 g/mol. The molecule has 0 aromatic heterocycles. The first-order valence-corrected chi connectivity index (χ1v) is 3.16. The molecule has 4 N–H and O–H groups in total. The second-order valence-electron chi connectivity index (χ2n) is 2.33. The van der Waals surface area contributed by atoms with Crippen molar-refractivity contribution in [3.63, 3.8) is 0 Å². The number of nitrogens with two attached hydrogens (primary N) is 2. The van der Waals surface area contributed by atoms with E-state index in [2.05, 4.69) is 0 Å². The topological polar surface area (TPSA) is 69.1 Å². The smallest absolute Gasteiger partial charge is 0.251 e. The lowest BCUT2D eigenvalue weighted by molar-refractivity contribution is 0.0996. The number of halogens is 1. The van der Waals surface area contributed by atoms with Gasteiger partial charge in [0.2, 0.25) is 0 Å². The van der Waals surface area contributed by atoms with Gasteiger partial charge in [-0.2, -0.15) is 0 Å². The molecule has 0 saturated carbocycles. The zero-order chi connectivity index (χ0) is 9.30. The molecule has 0 aliphatic rings. The minimum Gasteiger partial charge on any atom is -0.399 e. The van der Waals surface area contributed by atoms with Gasteiger partial charge in [0.05, 0.1) is 5.56 Å². The van der Waals surface area contributed by atoms with Crippen LogP contribution in [0.3, 0.4) is 0 Å². The first-order chi connectivity index (χ1) is 5.52. The summed E-state index contributed by atoms with van der Waals surface area (Å²) in [6.07, 6.45) is 0. The van der Waals surface area contributed by atoms with Gasteiger partial charge in [0.25, 0.3) is 5.91 Å². The average Bonchev–Trinajstić information content (AvgIpc) is 1.96. The lowest BCUT2D eigenvalue weighted by Gasteiger charge is -2.03. The number of carbonyl (C=O) groups excluding carboxylic acids is 1. The summed E-state index contributed by atoms with van der Waals surface area (Å²) in [7, 11) is 5.27. The molecule has 0 aliphatic carbocycles. The number of benzene rings is 1. The van der Waals surface area contributed by atoms with E-state index < -0.39 is 11.7 Å². The lowest BCUT2D eigenvalue weighted by Crippen LogP contribution is -2.18. The van der Waals surface area contributed by atoms with Gasteiger partial charge in [0.1, 0.15) is 13.7 Å². The highest BCUT2D eigenvalue weighted by Crippen LogP contribution is 2.08. The normalized spacial score (nSPS) is 9.75. The van der Waals surface area contributed by atoms with Crippen molar-refractivity contribution in [1.29, 1.82) is 0 Å². The van der Waals surface area contributed by atoms with E-state index in [9.17, 15) is 9.18 Å². The highest BCUT2D eigenvalue weighted by molar-refractivity contribution is 6.35. The van der Waals surface area contributed by atoms with Gasteiger partial charge in [-0.25, -0.2) is 4.39 Å². The van der Waals surface area contributed by atoms with Crippen LogP contribution in [0.25, 0.3) is 0 Å². The zero-order valence-corrected chi connectivity index (χ0v) is 6.17. The summed E-state index contributed by atoms with van der Waals surface area (Å²) >= 11 is 0. The summed E-state index contributed by atoms with van der Waals surface area (Å²) in [4.78, 5) is 10.6. The maximum Gasteiger partial charge on any atom is 0.251 e. The summed E-state index contributed by atoms with van der Waals surface area (Å²) < 4.78 is 12.8. The van der Waals surface area contributed by atoms with Crippen molar-refractivity contribution < 1.29 is 9.18 Å². The highest BCUT2D eigenvalue weighted by atomic mass is 19.1. The molecule has 1 amide bonds. The third-order valence-electron chi connectivity index (χ3n) is 1.44. The van der Waals surface area contributed by atoms with Crippen LogP contribution in [0.1, 0.15) is 10.4 Å². The van der Waals surface area contributed by atoms with E-state index in [4.69, 9.17) is 19.3 Å². The molecule has 5 heteroatoms. The number of hydrogen-bond acceptors (Lipinski definition) is 2. The number of hydrogen-bond donors (Lipinski definition) is 2. The monoisotopic (exact) mass is 164 g/mol. The Morgan fingerprint density at radius 1 is 1.50 bits per heavy atom. The van der Waals surface area contributed by atoms with Crippen LogP contribution in [0.15, 0.2) is 12.1 Å². The predicted molar refractivity (Wildman–Crippen MR) is 44.7 cm³/mol. The molecule has 12 heavy (non-hydrogen) atoms. The number of primary amides is 1. The van der Waals surface area contributed by atoms with E-state index in [1.807, 2.05) is 0 Å². The maximum atomic E-state index is 12.8. The molecule has 0 aliphatic heterocycles. The molecule has 1 rings (SSSR count). The molecule has 1 aromatic rings. The number of rotatable bonds is 1. The van der Waals surface area contributed by atoms with Crippen molar-refractivity contribution in [3.8, 4) is 0 Å². The van der Waals surface area contributed by atoms with Crippen molar-refractivity contribution in [3.05, 3.63) is 23.5 Å². The Labute approximate surface area is 70.0 Å². The first-order valence-electron chi connectivity index (χ1n) is 3.16. The summed E-state index contributed by atoms with van der Waals surface area (Å²) in [5.41, 5.74) is 10.2. The Balaban J connectivity index is 3.33. The van der Waals surface area contributed by atoms with Crippen LogP contribution in [0, 0.1) is 5.82 Å². The molecule has 60 valence electrons. The van der Waals surface area contributed by atoms with Gasteiger partial charge in [-0.05, 0) is 12.1 Å². The quantitative estimate of drug-likeness (QED) is 0.425.